The Morgan fingerprint density at radius 1 is 1.27 bits per heavy atom. The number of rotatable bonds is 6. The van der Waals surface area contributed by atoms with Gasteiger partial charge in [-0.1, -0.05) is 31.2 Å². The molecule has 0 heterocycles. The summed E-state index contributed by atoms with van der Waals surface area (Å²) in [6.45, 7) is 9.39. The second-order valence-electron chi connectivity index (χ2n) is 4.98. The predicted molar refractivity (Wildman–Crippen MR) is 109 cm³/mol. The van der Waals surface area contributed by atoms with Gasteiger partial charge in [0.15, 0.2) is 0 Å². The third-order valence-corrected chi connectivity index (χ3v) is 3.36. The maximum atomic E-state index is 12.0. The number of nitrogen functional groups attached to an aromatic ring is 1. The molecule has 0 unspecified atom stereocenters. The molecule has 0 atom stereocenters. The number of benzene rings is 1. The van der Waals surface area contributed by atoms with Crippen molar-refractivity contribution in [2.45, 2.75) is 27.2 Å². The van der Waals surface area contributed by atoms with Crippen molar-refractivity contribution in [1.82, 2.24) is 5.32 Å². The number of hydrogen-bond acceptors (Lipinski definition) is 5. The summed E-state index contributed by atoms with van der Waals surface area (Å²) in [5, 5.41) is 2.70. The zero-order valence-electron chi connectivity index (χ0n) is 16.6. The number of carbonyl (C=O) groups is 1. The average Bonchev–Trinajstić information content (AvgIpc) is 2.65. The molecule has 1 aromatic rings. The second-order valence-corrected chi connectivity index (χ2v) is 4.98. The van der Waals surface area contributed by atoms with Crippen LogP contribution in [0.15, 0.2) is 35.0 Å². The number of nitrogens with two attached hydrogens (primary N) is 3. The third kappa shape index (κ3) is 7.63. The SMILES string of the molecule is C/C=C(\C=NC)c1cccc(/C(N)=C(\N)C(=O)NCCC)c1N.[CH2-]C.[K+]. The second kappa shape index (κ2) is 15.0. The van der Waals surface area contributed by atoms with E-state index >= 15 is 0 Å². The summed E-state index contributed by atoms with van der Waals surface area (Å²) >= 11 is 0. The Morgan fingerprint density at radius 2 is 1.85 bits per heavy atom. The fourth-order valence-electron chi connectivity index (χ4n) is 2.09. The first-order chi connectivity index (χ1) is 12.0. The van der Waals surface area contributed by atoms with Gasteiger partial charge >= 0.3 is 51.4 Å². The van der Waals surface area contributed by atoms with Crippen LogP contribution >= 0.6 is 0 Å². The van der Waals surface area contributed by atoms with Crippen LogP contribution in [0.3, 0.4) is 0 Å². The maximum absolute atomic E-state index is 12.0. The summed E-state index contributed by atoms with van der Waals surface area (Å²) < 4.78 is 0. The van der Waals surface area contributed by atoms with Crippen molar-refractivity contribution in [3.8, 4) is 0 Å². The monoisotopic (exact) mass is 383 g/mol. The Kier molecular flexibility index (Phi) is 15.6. The number of hydrogen-bond donors (Lipinski definition) is 4. The summed E-state index contributed by atoms with van der Waals surface area (Å²) in [6.07, 6.45) is 4.43. The van der Waals surface area contributed by atoms with Crippen LogP contribution in [0.4, 0.5) is 5.69 Å². The minimum absolute atomic E-state index is 0. The fraction of sp³-hybridized carbons (Fsp3) is 0.316. The van der Waals surface area contributed by atoms with Crippen molar-refractivity contribution in [2.75, 3.05) is 19.3 Å². The van der Waals surface area contributed by atoms with Crippen LogP contribution in [0.5, 0.6) is 0 Å². The molecule has 0 aliphatic rings. The molecule has 0 fully saturated rings. The van der Waals surface area contributed by atoms with E-state index in [4.69, 9.17) is 17.2 Å². The molecule has 0 saturated carbocycles. The van der Waals surface area contributed by atoms with Crippen LogP contribution in [0.2, 0.25) is 0 Å². The molecular weight excluding hydrogens is 353 g/mol. The fourth-order valence-corrected chi connectivity index (χ4v) is 2.09. The molecule has 1 amide bonds. The Morgan fingerprint density at radius 3 is 2.35 bits per heavy atom. The number of amides is 1. The van der Waals surface area contributed by atoms with E-state index in [0.29, 0.717) is 17.8 Å². The largest absolute Gasteiger partial charge is 1.00 e. The van der Waals surface area contributed by atoms with Gasteiger partial charge in [0.05, 0.1) is 5.70 Å². The van der Waals surface area contributed by atoms with Crippen LogP contribution in [0, 0.1) is 6.92 Å². The first-order valence-corrected chi connectivity index (χ1v) is 8.19. The van der Waals surface area contributed by atoms with Gasteiger partial charge in [-0.05, 0) is 18.9 Å². The van der Waals surface area contributed by atoms with Crippen LogP contribution in [0.1, 0.15) is 38.3 Å². The van der Waals surface area contributed by atoms with E-state index in [1.807, 2.05) is 32.1 Å². The summed E-state index contributed by atoms with van der Waals surface area (Å²) in [4.78, 5) is 16.0. The summed E-state index contributed by atoms with van der Waals surface area (Å²) in [6, 6.07) is 5.43. The first-order valence-electron chi connectivity index (χ1n) is 8.19. The Labute approximate surface area is 199 Å². The van der Waals surface area contributed by atoms with Crippen molar-refractivity contribution < 1.29 is 56.2 Å². The van der Waals surface area contributed by atoms with Crippen molar-refractivity contribution in [2.24, 2.45) is 16.5 Å². The molecule has 0 aliphatic carbocycles. The van der Waals surface area contributed by atoms with Crippen molar-refractivity contribution >= 4 is 29.1 Å². The molecule has 6 nitrogen and oxygen atoms in total. The van der Waals surface area contributed by atoms with Gasteiger partial charge in [0, 0.05) is 36.6 Å². The van der Waals surface area contributed by atoms with E-state index in [1.165, 1.54) is 0 Å². The van der Waals surface area contributed by atoms with Gasteiger partial charge in [0.2, 0.25) is 0 Å². The van der Waals surface area contributed by atoms with E-state index in [-0.39, 0.29) is 62.8 Å². The number of aliphatic imine (C=N–C) groups is 1. The molecular formula is C19H30KN5O. The zero-order valence-corrected chi connectivity index (χ0v) is 19.7. The summed E-state index contributed by atoms with van der Waals surface area (Å²) in [7, 11) is 1.69. The summed E-state index contributed by atoms with van der Waals surface area (Å²) in [5.74, 6) is -0.393. The molecule has 7 heteroatoms. The van der Waals surface area contributed by atoms with E-state index in [0.717, 1.165) is 17.6 Å². The van der Waals surface area contributed by atoms with Gasteiger partial charge < -0.3 is 29.4 Å². The Hall–Kier alpha value is -1.12. The molecule has 26 heavy (non-hydrogen) atoms. The summed E-state index contributed by atoms with van der Waals surface area (Å²) in [5.41, 5.74) is 20.9. The molecule has 138 valence electrons. The quantitative estimate of drug-likeness (QED) is 0.171. The van der Waals surface area contributed by atoms with Crippen LogP contribution < -0.4 is 73.9 Å². The molecule has 0 saturated heterocycles. The number of carbonyl (C=O) groups excluding carboxylic acids is 1. The minimum atomic E-state index is -0.393. The molecule has 0 spiro atoms. The van der Waals surface area contributed by atoms with Gasteiger partial charge in [-0.25, -0.2) is 0 Å². The molecule has 1 rings (SSSR count). The number of nitrogens with one attached hydrogen (secondary N) is 1. The Bertz CT molecular complexity index is 666. The zero-order chi connectivity index (χ0) is 19.4. The van der Waals surface area contributed by atoms with Crippen molar-refractivity contribution in [3.05, 3.63) is 48.0 Å². The van der Waals surface area contributed by atoms with E-state index < -0.39 is 5.91 Å². The number of allylic oxidation sites excluding steroid dienone is 2. The Balaban J connectivity index is 0. The first kappa shape index (κ1) is 27.1. The van der Waals surface area contributed by atoms with Crippen LogP contribution in [-0.4, -0.2) is 25.7 Å². The van der Waals surface area contributed by atoms with E-state index in [9.17, 15) is 4.79 Å². The third-order valence-electron chi connectivity index (χ3n) is 3.36. The van der Waals surface area contributed by atoms with Crippen LogP contribution in [-0.2, 0) is 4.79 Å². The number of para-hydroxylation sites is 1. The van der Waals surface area contributed by atoms with E-state index in [2.05, 4.69) is 17.2 Å². The molecule has 1 aromatic carbocycles. The molecule has 7 N–H and O–H groups in total. The number of anilines is 1. The standard InChI is InChI=1S/C17H25N5O.C2H5.K/c1-4-9-22-17(23)16(20)15(19)13-8-6-7-12(14(13)18)11(5-2)10-21-3;1-2;/h5-8,10H,4,9,18-20H2,1-3H3,(H,22,23);1H2,2H3;/q;-1;+1/b11-5+,16-15+,21-10?;;. The molecule has 0 aromatic heterocycles. The van der Waals surface area contributed by atoms with Crippen LogP contribution in [0.25, 0.3) is 11.3 Å². The number of nitrogens with zero attached hydrogens (tertiary/aromatic N) is 1. The van der Waals surface area contributed by atoms with Gasteiger partial charge in [0.1, 0.15) is 5.70 Å². The smallest absolute Gasteiger partial charge is 0.398 e. The van der Waals surface area contributed by atoms with Gasteiger partial charge in [-0.3, -0.25) is 9.79 Å². The minimum Gasteiger partial charge on any atom is -0.398 e. The van der Waals surface area contributed by atoms with Gasteiger partial charge in [-0.15, -0.1) is 0 Å². The predicted octanol–water partition coefficient (Wildman–Crippen LogP) is -0.671. The molecule has 0 bridgehead atoms. The molecule has 0 radical (unpaired) electrons. The average molecular weight is 384 g/mol. The molecule has 0 aliphatic heterocycles. The van der Waals surface area contributed by atoms with Gasteiger partial charge in [0.25, 0.3) is 5.91 Å². The van der Waals surface area contributed by atoms with Crippen molar-refractivity contribution in [3.63, 3.8) is 0 Å². The topological polar surface area (TPSA) is 120 Å². The van der Waals surface area contributed by atoms with Crippen molar-refractivity contribution in [1.29, 1.82) is 0 Å². The normalized spacial score (nSPS) is 11.8. The van der Waals surface area contributed by atoms with Gasteiger partial charge in [-0.2, -0.15) is 6.92 Å². The maximum Gasteiger partial charge on any atom is 1.00 e. The van der Waals surface area contributed by atoms with E-state index in [1.54, 1.807) is 26.3 Å².